The van der Waals surface area contributed by atoms with Crippen LogP contribution in [-0.2, 0) is 0 Å². The quantitative estimate of drug-likeness (QED) is 0.359. The number of amides is 1. The number of rotatable bonds is 5. The van der Waals surface area contributed by atoms with Crippen LogP contribution in [0, 0.1) is 10.1 Å². The number of nitrogens with one attached hydrogen (secondary N) is 2. The van der Waals surface area contributed by atoms with Crippen LogP contribution in [0.15, 0.2) is 42.5 Å². The van der Waals surface area contributed by atoms with Crippen LogP contribution in [0.4, 0.5) is 11.4 Å². The monoisotopic (exact) mass is 373 g/mol. The standard InChI is InChI=1S/C17H15N3O5S/c1-10(21)11-3-6-13(7-4-11)18-17(26)19-16(22)12-5-8-15(25-2)14(9-12)20(23)24/h3-9H,1-2H3,(H2,18,19,22,26). The molecule has 9 heteroatoms. The summed E-state index contributed by atoms with van der Waals surface area (Å²) in [5.41, 5.74) is 0.879. The maximum atomic E-state index is 12.2. The summed E-state index contributed by atoms with van der Waals surface area (Å²) in [6, 6.07) is 10.4. The lowest BCUT2D eigenvalue weighted by Crippen LogP contribution is -2.34. The molecule has 0 atom stereocenters. The number of thiocarbonyl (C=S) groups is 1. The number of carbonyl (C=O) groups is 2. The van der Waals surface area contributed by atoms with Crippen LogP contribution >= 0.6 is 12.2 Å². The largest absolute Gasteiger partial charge is 0.490 e. The lowest BCUT2D eigenvalue weighted by Gasteiger charge is -2.10. The zero-order valence-corrected chi connectivity index (χ0v) is 14.8. The van der Waals surface area contributed by atoms with Crippen molar-refractivity contribution < 1.29 is 19.2 Å². The second-order valence-electron chi connectivity index (χ2n) is 5.19. The van der Waals surface area contributed by atoms with Crippen molar-refractivity contribution in [3.05, 3.63) is 63.7 Å². The summed E-state index contributed by atoms with van der Waals surface area (Å²) in [6.07, 6.45) is 0. The van der Waals surface area contributed by atoms with E-state index in [1.54, 1.807) is 24.3 Å². The van der Waals surface area contributed by atoms with Crippen molar-refractivity contribution in [2.24, 2.45) is 0 Å². The third-order valence-electron chi connectivity index (χ3n) is 3.41. The van der Waals surface area contributed by atoms with E-state index >= 15 is 0 Å². The molecule has 2 aromatic rings. The Hall–Kier alpha value is -3.33. The molecule has 1 amide bonds. The fourth-order valence-corrected chi connectivity index (χ4v) is 2.31. The van der Waals surface area contributed by atoms with Crippen molar-refractivity contribution in [1.29, 1.82) is 0 Å². The zero-order valence-electron chi connectivity index (χ0n) is 13.9. The Morgan fingerprint density at radius 1 is 1.12 bits per heavy atom. The Morgan fingerprint density at radius 2 is 1.73 bits per heavy atom. The Balaban J connectivity index is 2.07. The van der Waals surface area contributed by atoms with Crippen molar-refractivity contribution in [3.63, 3.8) is 0 Å². The van der Waals surface area contributed by atoms with E-state index in [-0.39, 0.29) is 27.9 Å². The maximum Gasteiger partial charge on any atom is 0.311 e. The summed E-state index contributed by atoms with van der Waals surface area (Å²) in [7, 11) is 1.30. The average Bonchev–Trinajstić information content (AvgIpc) is 2.61. The van der Waals surface area contributed by atoms with E-state index in [4.69, 9.17) is 17.0 Å². The molecule has 0 radical (unpaired) electrons. The van der Waals surface area contributed by atoms with Gasteiger partial charge in [-0.3, -0.25) is 25.0 Å². The third kappa shape index (κ3) is 4.61. The number of Topliss-reactive ketones (excluding diaryl/α,β-unsaturated/α-hetero) is 1. The zero-order chi connectivity index (χ0) is 19.3. The number of hydrogen-bond donors (Lipinski definition) is 2. The molecule has 2 aromatic carbocycles. The van der Waals surface area contributed by atoms with Gasteiger partial charge in [0.15, 0.2) is 16.6 Å². The van der Waals surface area contributed by atoms with Gasteiger partial charge < -0.3 is 10.1 Å². The first-order chi connectivity index (χ1) is 12.3. The van der Waals surface area contributed by atoms with Gasteiger partial charge in [0, 0.05) is 22.9 Å². The van der Waals surface area contributed by atoms with E-state index in [9.17, 15) is 19.7 Å². The highest BCUT2D eigenvalue weighted by molar-refractivity contribution is 7.80. The second kappa shape index (κ2) is 8.17. The number of nitrogens with zero attached hydrogens (tertiary/aromatic N) is 1. The smallest absolute Gasteiger partial charge is 0.311 e. The van der Waals surface area contributed by atoms with E-state index in [0.717, 1.165) is 6.07 Å². The second-order valence-corrected chi connectivity index (χ2v) is 5.59. The van der Waals surface area contributed by atoms with Gasteiger partial charge in [0.25, 0.3) is 5.91 Å². The summed E-state index contributed by atoms with van der Waals surface area (Å²) in [4.78, 5) is 33.8. The first-order valence-electron chi connectivity index (χ1n) is 7.37. The molecule has 0 saturated heterocycles. The molecule has 26 heavy (non-hydrogen) atoms. The van der Waals surface area contributed by atoms with Crippen LogP contribution in [0.3, 0.4) is 0 Å². The van der Waals surface area contributed by atoms with Crippen LogP contribution in [-0.4, -0.2) is 28.8 Å². The molecule has 0 aromatic heterocycles. The van der Waals surface area contributed by atoms with Gasteiger partial charge in [-0.25, -0.2) is 0 Å². The minimum Gasteiger partial charge on any atom is -0.490 e. The van der Waals surface area contributed by atoms with Gasteiger partial charge in [-0.05, 0) is 55.5 Å². The van der Waals surface area contributed by atoms with Crippen molar-refractivity contribution in [2.75, 3.05) is 12.4 Å². The van der Waals surface area contributed by atoms with Crippen molar-refractivity contribution >= 4 is 40.4 Å². The molecule has 0 fully saturated rings. The Labute approximate surface area is 154 Å². The first kappa shape index (κ1) is 19.0. The van der Waals surface area contributed by atoms with E-state index in [2.05, 4.69) is 10.6 Å². The molecular formula is C17H15N3O5S. The SMILES string of the molecule is COc1ccc(C(=O)NC(=S)Nc2ccc(C(C)=O)cc2)cc1[N+](=O)[O-]. The minimum absolute atomic E-state index is 0.0176. The molecule has 0 aliphatic carbocycles. The molecule has 0 spiro atoms. The fourth-order valence-electron chi connectivity index (χ4n) is 2.10. The number of benzene rings is 2. The summed E-state index contributed by atoms with van der Waals surface area (Å²) in [5, 5.41) is 16.3. The Kier molecular flexibility index (Phi) is 5.97. The molecule has 0 aliphatic rings. The number of ether oxygens (including phenoxy) is 1. The molecule has 0 heterocycles. The molecule has 8 nitrogen and oxygen atoms in total. The van der Waals surface area contributed by atoms with Gasteiger partial charge in [-0.2, -0.15) is 0 Å². The van der Waals surface area contributed by atoms with Gasteiger partial charge in [0.1, 0.15) is 0 Å². The summed E-state index contributed by atoms with van der Waals surface area (Å²) in [6.45, 7) is 1.46. The minimum atomic E-state index is -0.636. The molecule has 2 N–H and O–H groups in total. The van der Waals surface area contributed by atoms with E-state index in [0.29, 0.717) is 11.3 Å². The molecule has 0 aliphatic heterocycles. The van der Waals surface area contributed by atoms with Crippen LogP contribution in [0.25, 0.3) is 0 Å². The first-order valence-corrected chi connectivity index (χ1v) is 7.78. The van der Waals surface area contributed by atoms with Crippen LogP contribution in [0.5, 0.6) is 5.75 Å². The topological polar surface area (TPSA) is 111 Å². The van der Waals surface area contributed by atoms with Crippen LogP contribution < -0.4 is 15.4 Å². The van der Waals surface area contributed by atoms with E-state index < -0.39 is 10.8 Å². The van der Waals surface area contributed by atoms with Crippen molar-refractivity contribution in [2.45, 2.75) is 6.92 Å². The summed E-state index contributed by atoms with van der Waals surface area (Å²) >= 11 is 5.06. The third-order valence-corrected chi connectivity index (χ3v) is 3.62. The van der Waals surface area contributed by atoms with E-state index in [1.807, 2.05) is 0 Å². The van der Waals surface area contributed by atoms with Gasteiger partial charge >= 0.3 is 5.69 Å². The van der Waals surface area contributed by atoms with Crippen LogP contribution in [0.1, 0.15) is 27.6 Å². The number of nitro benzene ring substituents is 1. The highest BCUT2D eigenvalue weighted by Gasteiger charge is 2.18. The van der Waals surface area contributed by atoms with Crippen molar-refractivity contribution in [1.82, 2.24) is 5.32 Å². The maximum absolute atomic E-state index is 12.2. The number of carbonyl (C=O) groups excluding carboxylic acids is 2. The number of anilines is 1. The predicted octanol–water partition coefficient (Wildman–Crippen LogP) is 2.93. The summed E-state index contributed by atoms with van der Waals surface area (Å²) in [5.74, 6) is -0.611. The Morgan fingerprint density at radius 3 is 2.27 bits per heavy atom. The van der Waals surface area contributed by atoms with Gasteiger partial charge in [-0.15, -0.1) is 0 Å². The van der Waals surface area contributed by atoms with Gasteiger partial charge in [-0.1, -0.05) is 0 Å². The number of hydrogen-bond acceptors (Lipinski definition) is 6. The Bertz CT molecular complexity index is 880. The lowest BCUT2D eigenvalue weighted by molar-refractivity contribution is -0.385. The van der Waals surface area contributed by atoms with Gasteiger partial charge in [0.2, 0.25) is 0 Å². The molecule has 0 unspecified atom stereocenters. The summed E-state index contributed by atoms with van der Waals surface area (Å²) < 4.78 is 4.89. The lowest BCUT2D eigenvalue weighted by atomic mass is 10.1. The highest BCUT2D eigenvalue weighted by Crippen LogP contribution is 2.27. The predicted molar refractivity (Wildman–Crippen MR) is 99.8 cm³/mol. The van der Waals surface area contributed by atoms with E-state index in [1.165, 1.54) is 26.2 Å². The molecule has 0 bridgehead atoms. The highest BCUT2D eigenvalue weighted by atomic mass is 32.1. The normalized spacial score (nSPS) is 9.92. The van der Waals surface area contributed by atoms with Crippen molar-refractivity contribution in [3.8, 4) is 5.75 Å². The molecular weight excluding hydrogens is 358 g/mol. The molecule has 2 rings (SSSR count). The molecule has 0 saturated carbocycles. The average molecular weight is 373 g/mol. The van der Waals surface area contributed by atoms with Crippen LogP contribution in [0.2, 0.25) is 0 Å². The van der Waals surface area contributed by atoms with Gasteiger partial charge in [0.05, 0.1) is 12.0 Å². The molecule has 134 valence electrons. The number of ketones is 1. The number of methoxy groups -OCH3 is 1. The fraction of sp³-hybridized carbons (Fsp3) is 0.118. The number of nitro groups is 1.